The number of para-hydroxylation sites is 1. The molecule has 1 saturated heterocycles. The van der Waals surface area contributed by atoms with Crippen LogP contribution in [-0.4, -0.2) is 56.5 Å². The van der Waals surface area contributed by atoms with Crippen molar-refractivity contribution < 1.29 is 14.3 Å². The van der Waals surface area contributed by atoms with Gasteiger partial charge in [0.15, 0.2) is 0 Å². The smallest absolute Gasteiger partial charge is 0.414 e. The zero-order chi connectivity index (χ0) is 15.1. The first-order chi connectivity index (χ1) is 10.2. The molecule has 1 aliphatic heterocycles. The molecule has 1 aromatic carbocycles. The highest BCUT2D eigenvalue weighted by Crippen LogP contribution is 2.19. The molecule has 5 heteroatoms. The van der Waals surface area contributed by atoms with Crippen molar-refractivity contribution in [3.63, 3.8) is 0 Å². The summed E-state index contributed by atoms with van der Waals surface area (Å²) in [7, 11) is 0. The molecule has 21 heavy (non-hydrogen) atoms. The van der Waals surface area contributed by atoms with Gasteiger partial charge in [0.1, 0.15) is 0 Å². The minimum absolute atomic E-state index is 0.0459. The first-order valence-corrected chi connectivity index (χ1v) is 7.53. The second-order valence-corrected chi connectivity index (χ2v) is 5.17. The lowest BCUT2D eigenvalue weighted by molar-refractivity contribution is 0.0355. The Bertz CT molecular complexity index is 432. The van der Waals surface area contributed by atoms with Gasteiger partial charge < -0.3 is 9.47 Å². The van der Waals surface area contributed by atoms with Crippen LogP contribution in [0.25, 0.3) is 0 Å². The van der Waals surface area contributed by atoms with Gasteiger partial charge in [-0.1, -0.05) is 18.2 Å². The summed E-state index contributed by atoms with van der Waals surface area (Å²) in [5, 5.41) is 0. The maximum atomic E-state index is 12.3. The Kier molecular flexibility index (Phi) is 6.02. The highest BCUT2D eigenvalue weighted by Gasteiger charge is 2.25. The number of rotatable bonds is 5. The highest BCUT2D eigenvalue weighted by atomic mass is 16.6. The highest BCUT2D eigenvalue weighted by molar-refractivity contribution is 5.88. The minimum atomic E-state index is -0.288. The van der Waals surface area contributed by atoms with E-state index in [0.29, 0.717) is 6.61 Å². The maximum Gasteiger partial charge on any atom is 0.414 e. The maximum absolute atomic E-state index is 12.3. The number of hydrogen-bond acceptors (Lipinski definition) is 4. The standard InChI is InChI=1S/C16H24N2O3/c1-3-21-16(19)18(15-7-5-4-6-8-15)14(2)13-17-9-11-20-12-10-17/h4-8,14H,3,9-13H2,1-2H3. The van der Waals surface area contributed by atoms with E-state index in [2.05, 4.69) is 11.8 Å². The van der Waals surface area contributed by atoms with E-state index in [-0.39, 0.29) is 12.1 Å². The van der Waals surface area contributed by atoms with Crippen LogP contribution in [0, 0.1) is 0 Å². The van der Waals surface area contributed by atoms with Gasteiger partial charge in [0.25, 0.3) is 0 Å². The molecule has 0 aromatic heterocycles. The summed E-state index contributed by atoms with van der Waals surface area (Å²) in [6.07, 6.45) is -0.288. The molecule has 0 aliphatic carbocycles. The average molecular weight is 292 g/mol. The van der Waals surface area contributed by atoms with Crippen LogP contribution in [0.4, 0.5) is 10.5 Å². The molecule has 1 unspecified atom stereocenters. The molecule has 0 radical (unpaired) electrons. The second kappa shape index (κ2) is 8.00. The first kappa shape index (κ1) is 15.8. The van der Waals surface area contributed by atoms with Crippen LogP contribution < -0.4 is 4.90 Å². The Balaban J connectivity index is 2.08. The van der Waals surface area contributed by atoms with Crippen molar-refractivity contribution in [1.82, 2.24) is 4.90 Å². The predicted octanol–water partition coefficient (Wildman–Crippen LogP) is 2.37. The zero-order valence-electron chi connectivity index (χ0n) is 12.8. The molecule has 1 amide bonds. The van der Waals surface area contributed by atoms with Gasteiger partial charge in [-0.3, -0.25) is 9.80 Å². The first-order valence-electron chi connectivity index (χ1n) is 7.53. The van der Waals surface area contributed by atoms with E-state index < -0.39 is 0 Å². The number of carbonyl (C=O) groups excluding carboxylic acids is 1. The number of nitrogens with zero attached hydrogens (tertiary/aromatic N) is 2. The van der Waals surface area contributed by atoms with Crippen LogP contribution in [0.15, 0.2) is 30.3 Å². The van der Waals surface area contributed by atoms with Crippen LogP contribution in [0.5, 0.6) is 0 Å². The third kappa shape index (κ3) is 4.44. The summed E-state index contributed by atoms with van der Waals surface area (Å²) in [6, 6.07) is 9.73. The summed E-state index contributed by atoms with van der Waals surface area (Å²) in [5.41, 5.74) is 0.872. The number of benzene rings is 1. The van der Waals surface area contributed by atoms with Crippen LogP contribution in [-0.2, 0) is 9.47 Å². The van der Waals surface area contributed by atoms with Crippen molar-refractivity contribution in [2.45, 2.75) is 19.9 Å². The number of carbonyl (C=O) groups is 1. The molecule has 0 saturated carbocycles. The third-order valence-electron chi connectivity index (χ3n) is 3.57. The lowest BCUT2D eigenvalue weighted by Gasteiger charge is -2.34. The molecular formula is C16H24N2O3. The van der Waals surface area contributed by atoms with E-state index in [4.69, 9.17) is 9.47 Å². The molecular weight excluding hydrogens is 268 g/mol. The molecule has 1 fully saturated rings. The van der Waals surface area contributed by atoms with E-state index >= 15 is 0 Å². The van der Waals surface area contributed by atoms with Crippen molar-refractivity contribution in [2.24, 2.45) is 0 Å². The predicted molar refractivity (Wildman–Crippen MR) is 82.7 cm³/mol. The number of morpholine rings is 1. The Morgan fingerprint density at radius 1 is 1.33 bits per heavy atom. The number of ether oxygens (including phenoxy) is 2. The van der Waals surface area contributed by atoms with Gasteiger partial charge in [-0.25, -0.2) is 4.79 Å². The Hall–Kier alpha value is -1.59. The van der Waals surface area contributed by atoms with Gasteiger partial charge in [0.2, 0.25) is 0 Å². The summed E-state index contributed by atoms with van der Waals surface area (Å²) < 4.78 is 10.6. The van der Waals surface area contributed by atoms with Crippen molar-refractivity contribution in [2.75, 3.05) is 44.4 Å². The van der Waals surface area contributed by atoms with Gasteiger partial charge in [0, 0.05) is 25.3 Å². The third-order valence-corrected chi connectivity index (χ3v) is 3.57. The number of amides is 1. The molecule has 2 rings (SSSR count). The van der Waals surface area contributed by atoms with Gasteiger partial charge in [0.05, 0.1) is 25.9 Å². The van der Waals surface area contributed by atoms with Crippen LogP contribution in [0.3, 0.4) is 0 Å². The Morgan fingerprint density at radius 2 is 2.00 bits per heavy atom. The number of hydrogen-bond donors (Lipinski definition) is 0. The molecule has 0 bridgehead atoms. The fourth-order valence-electron chi connectivity index (χ4n) is 2.56. The molecule has 5 nitrogen and oxygen atoms in total. The van der Waals surface area contributed by atoms with Gasteiger partial charge in [-0.15, -0.1) is 0 Å². The quantitative estimate of drug-likeness (QED) is 0.835. The summed E-state index contributed by atoms with van der Waals surface area (Å²) >= 11 is 0. The molecule has 0 spiro atoms. The Labute approximate surface area is 126 Å². The number of anilines is 1. The van der Waals surface area contributed by atoms with Crippen molar-refractivity contribution in [1.29, 1.82) is 0 Å². The van der Waals surface area contributed by atoms with E-state index in [1.54, 1.807) is 4.90 Å². The second-order valence-electron chi connectivity index (χ2n) is 5.17. The zero-order valence-corrected chi connectivity index (χ0v) is 12.8. The molecule has 1 aromatic rings. The summed E-state index contributed by atoms with van der Waals surface area (Å²) in [5.74, 6) is 0. The van der Waals surface area contributed by atoms with E-state index in [1.165, 1.54) is 0 Å². The van der Waals surface area contributed by atoms with E-state index in [9.17, 15) is 4.79 Å². The SMILES string of the molecule is CCOC(=O)N(c1ccccc1)C(C)CN1CCOCC1. The lowest BCUT2D eigenvalue weighted by atomic mass is 10.2. The van der Waals surface area contributed by atoms with Gasteiger partial charge >= 0.3 is 6.09 Å². The van der Waals surface area contributed by atoms with Gasteiger partial charge in [-0.05, 0) is 26.0 Å². The summed E-state index contributed by atoms with van der Waals surface area (Å²) in [4.78, 5) is 16.3. The summed E-state index contributed by atoms with van der Waals surface area (Å²) in [6.45, 7) is 8.43. The largest absolute Gasteiger partial charge is 0.449 e. The van der Waals surface area contributed by atoms with E-state index in [0.717, 1.165) is 38.5 Å². The topological polar surface area (TPSA) is 42.0 Å². The molecule has 116 valence electrons. The average Bonchev–Trinajstić information content (AvgIpc) is 2.50. The fraction of sp³-hybridized carbons (Fsp3) is 0.562. The van der Waals surface area contributed by atoms with Crippen molar-refractivity contribution in [3.05, 3.63) is 30.3 Å². The monoisotopic (exact) mass is 292 g/mol. The van der Waals surface area contributed by atoms with E-state index in [1.807, 2.05) is 37.3 Å². The Morgan fingerprint density at radius 3 is 2.62 bits per heavy atom. The van der Waals surface area contributed by atoms with Crippen molar-refractivity contribution >= 4 is 11.8 Å². The minimum Gasteiger partial charge on any atom is -0.449 e. The molecule has 0 N–H and O–H groups in total. The van der Waals surface area contributed by atoms with Crippen LogP contribution >= 0.6 is 0 Å². The molecule has 1 heterocycles. The van der Waals surface area contributed by atoms with Crippen LogP contribution in [0.2, 0.25) is 0 Å². The van der Waals surface area contributed by atoms with Gasteiger partial charge in [-0.2, -0.15) is 0 Å². The fourth-order valence-corrected chi connectivity index (χ4v) is 2.56. The van der Waals surface area contributed by atoms with Crippen molar-refractivity contribution in [3.8, 4) is 0 Å². The molecule has 1 atom stereocenters. The lowest BCUT2D eigenvalue weighted by Crippen LogP contribution is -2.48. The normalized spacial score (nSPS) is 17.2. The van der Waals surface area contributed by atoms with Crippen LogP contribution in [0.1, 0.15) is 13.8 Å². The molecule has 1 aliphatic rings.